The molecule has 2 rings (SSSR count). The molecule has 0 saturated carbocycles. The predicted octanol–water partition coefficient (Wildman–Crippen LogP) is 4.27. The third-order valence-electron chi connectivity index (χ3n) is 4.95. The molecule has 2 aliphatic carbocycles. The van der Waals surface area contributed by atoms with Crippen molar-refractivity contribution >= 4 is 5.97 Å². The largest absolute Gasteiger partial charge is 0.458 e. The summed E-state index contributed by atoms with van der Waals surface area (Å²) in [5.41, 5.74) is 2.56. The number of hydrogen-bond donors (Lipinski definition) is 0. The Labute approximate surface area is 116 Å². The van der Waals surface area contributed by atoms with Gasteiger partial charge in [0, 0.05) is 19.3 Å². The lowest BCUT2D eigenvalue weighted by molar-refractivity contribution is -0.171. The van der Waals surface area contributed by atoms with Gasteiger partial charge in [-0.15, -0.1) is 0 Å². The average Bonchev–Trinajstić information content (AvgIpc) is 2.32. The van der Waals surface area contributed by atoms with Crippen LogP contribution in [0.3, 0.4) is 0 Å². The Morgan fingerprint density at radius 3 is 2.68 bits per heavy atom. The summed E-state index contributed by atoms with van der Waals surface area (Å²) in [5, 5.41) is 0. The van der Waals surface area contributed by atoms with Crippen molar-refractivity contribution in [3.05, 3.63) is 23.3 Å². The molecule has 0 aliphatic heterocycles. The first-order valence-electron chi connectivity index (χ1n) is 7.40. The van der Waals surface area contributed by atoms with Gasteiger partial charge in [0.25, 0.3) is 0 Å². The first-order chi connectivity index (χ1) is 8.86. The maximum atomic E-state index is 11.6. The Morgan fingerprint density at radius 1 is 1.42 bits per heavy atom. The van der Waals surface area contributed by atoms with E-state index in [1.807, 2.05) is 0 Å². The number of esters is 1. The fourth-order valence-electron chi connectivity index (χ4n) is 3.78. The normalized spacial score (nSPS) is 34.4. The zero-order valence-corrected chi connectivity index (χ0v) is 12.8. The van der Waals surface area contributed by atoms with Gasteiger partial charge in [-0.25, -0.2) is 0 Å². The number of fused-ring (bicyclic) bond motifs is 1. The predicted molar refractivity (Wildman–Crippen MR) is 77.7 cm³/mol. The van der Waals surface area contributed by atoms with Gasteiger partial charge < -0.3 is 4.74 Å². The summed E-state index contributed by atoms with van der Waals surface area (Å²) in [6.07, 6.45) is 7.86. The molecule has 3 unspecified atom stereocenters. The summed E-state index contributed by atoms with van der Waals surface area (Å²) in [4.78, 5) is 11.6. The number of allylic oxidation sites excluding steroid dienone is 2. The van der Waals surface area contributed by atoms with Gasteiger partial charge in [0.15, 0.2) is 0 Å². The summed E-state index contributed by atoms with van der Waals surface area (Å²) in [6, 6.07) is 0. The lowest BCUT2D eigenvalue weighted by Gasteiger charge is -2.49. The smallest absolute Gasteiger partial charge is 0.303 e. The molecule has 19 heavy (non-hydrogen) atoms. The van der Waals surface area contributed by atoms with E-state index in [9.17, 15) is 4.79 Å². The second kappa shape index (κ2) is 5.15. The van der Waals surface area contributed by atoms with Gasteiger partial charge in [-0.05, 0) is 38.5 Å². The van der Waals surface area contributed by atoms with Crippen LogP contribution < -0.4 is 0 Å². The van der Waals surface area contributed by atoms with E-state index in [0.29, 0.717) is 17.8 Å². The van der Waals surface area contributed by atoms with Crippen LogP contribution in [-0.2, 0) is 9.53 Å². The monoisotopic (exact) mass is 262 g/mol. The van der Waals surface area contributed by atoms with Crippen molar-refractivity contribution in [2.24, 2.45) is 17.8 Å². The molecule has 2 aliphatic rings. The summed E-state index contributed by atoms with van der Waals surface area (Å²) >= 11 is 0. The van der Waals surface area contributed by atoms with Gasteiger partial charge in [0.1, 0.15) is 5.60 Å². The van der Waals surface area contributed by atoms with Gasteiger partial charge in [-0.2, -0.15) is 0 Å². The topological polar surface area (TPSA) is 26.3 Å². The first-order valence-corrected chi connectivity index (χ1v) is 7.40. The Morgan fingerprint density at radius 2 is 2.11 bits per heavy atom. The summed E-state index contributed by atoms with van der Waals surface area (Å²) in [6.45, 7) is 10.3. The molecule has 0 amide bonds. The van der Waals surface area contributed by atoms with Crippen LogP contribution in [0.15, 0.2) is 23.3 Å². The molecular formula is C17H26O2. The zero-order valence-electron chi connectivity index (χ0n) is 12.8. The van der Waals surface area contributed by atoms with E-state index in [-0.39, 0.29) is 11.6 Å². The van der Waals surface area contributed by atoms with Gasteiger partial charge in [-0.1, -0.05) is 37.1 Å². The SMILES string of the molecule is CC(=O)OC1(C(C)C)CC=C(C)C2CCC(C)=CC21. The summed E-state index contributed by atoms with van der Waals surface area (Å²) in [7, 11) is 0. The lowest BCUT2D eigenvalue weighted by atomic mass is 9.61. The molecule has 0 spiro atoms. The Hall–Kier alpha value is -1.05. The number of ether oxygens (including phenoxy) is 1. The van der Waals surface area contributed by atoms with Crippen LogP contribution in [-0.4, -0.2) is 11.6 Å². The van der Waals surface area contributed by atoms with Crippen LogP contribution in [0.4, 0.5) is 0 Å². The molecule has 0 aromatic rings. The molecule has 0 heterocycles. The lowest BCUT2D eigenvalue weighted by Crippen LogP contribution is -2.51. The molecular weight excluding hydrogens is 236 g/mol. The van der Waals surface area contributed by atoms with Crippen molar-refractivity contribution in [1.29, 1.82) is 0 Å². The molecule has 2 heteroatoms. The second-order valence-electron chi connectivity index (χ2n) is 6.54. The van der Waals surface area contributed by atoms with Crippen LogP contribution >= 0.6 is 0 Å². The molecule has 106 valence electrons. The molecule has 3 atom stereocenters. The average molecular weight is 262 g/mol. The van der Waals surface area contributed by atoms with Crippen molar-refractivity contribution < 1.29 is 9.53 Å². The van der Waals surface area contributed by atoms with Crippen molar-refractivity contribution in [3.8, 4) is 0 Å². The highest BCUT2D eigenvalue weighted by Crippen LogP contribution is 2.49. The quantitative estimate of drug-likeness (QED) is 0.549. The van der Waals surface area contributed by atoms with Gasteiger partial charge >= 0.3 is 5.97 Å². The second-order valence-corrected chi connectivity index (χ2v) is 6.54. The zero-order chi connectivity index (χ0) is 14.2. The van der Waals surface area contributed by atoms with Crippen molar-refractivity contribution in [2.75, 3.05) is 0 Å². The molecule has 0 radical (unpaired) electrons. The highest BCUT2D eigenvalue weighted by atomic mass is 16.6. The van der Waals surface area contributed by atoms with E-state index in [2.05, 4.69) is 39.8 Å². The summed E-state index contributed by atoms with van der Waals surface area (Å²) < 4.78 is 5.88. The molecule has 0 bridgehead atoms. The van der Waals surface area contributed by atoms with Crippen LogP contribution in [0.25, 0.3) is 0 Å². The molecule has 0 aromatic carbocycles. The van der Waals surface area contributed by atoms with Crippen molar-refractivity contribution in [1.82, 2.24) is 0 Å². The number of hydrogen-bond acceptors (Lipinski definition) is 2. The maximum absolute atomic E-state index is 11.6. The Balaban J connectivity index is 2.47. The van der Waals surface area contributed by atoms with E-state index in [4.69, 9.17) is 4.74 Å². The standard InChI is InChI=1S/C17H26O2/c1-11(2)17(19-14(5)18)9-8-13(4)15-7-6-12(3)10-16(15)17/h8,10-11,15-16H,6-7,9H2,1-5H3. The number of carbonyl (C=O) groups excluding carboxylic acids is 1. The van der Waals surface area contributed by atoms with E-state index in [1.165, 1.54) is 30.9 Å². The third kappa shape index (κ3) is 2.50. The molecule has 0 saturated heterocycles. The molecule has 0 N–H and O–H groups in total. The van der Waals surface area contributed by atoms with Gasteiger partial charge in [-0.3, -0.25) is 4.79 Å². The molecule has 0 aromatic heterocycles. The fourth-order valence-corrected chi connectivity index (χ4v) is 3.78. The fraction of sp³-hybridized carbons (Fsp3) is 0.706. The van der Waals surface area contributed by atoms with Crippen molar-refractivity contribution in [3.63, 3.8) is 0 Å². The molecule has 2 nitrogen and oxygen atoms in total. The van der Waals surface area contributed by atoms with Gasteiger partial charge in [0.2, 0.25) is 0 Å². The maximum Gasteiger partial charge on any atom is 0.303 e. The third-order valence-corrected chi connectivity index (χ3v) is 4.95. The van der Waals surface area contributed by atoms with Crippen LogP contribution in [0.2, 0.25) is 0 Å². The van der Waals surface area contributed by atoms with E-state index < -0.39 is 0 Å². The Bertz CT molecular complexity index is 431. The minimum Gasteiger partial charge on any atom is -0.458 e. The Kier molecular flexibility index (Phi) is 3.89. The van der Waals surface area contributed by atoms with E-state index in [0.717, 1.165) is 6.42 Å². The summed E-state index contributed by atoms with van der Waals surface area (Å²) in [5.74, 6) is 1.06. The van der Waals surface area contributed by atoms with Crippen LogP contribution in [0.1, 0.15) is 53.9 Å². The van der Waals surface area contributed by atoms with Crippen LogP contribution in [0.5, 0.6) is 0 Å². The number of rotatable bonds is 2. The van der Waals surface area contributed by atoms with Crippen LogP contribution in [0, 0.1) is 17.8 Å². The first kappa shape index (κ1) is 14.4. The highest BCUT2D eigenvalue weighted by Gasteiger charge is 2.49. The van der Waals surface area contributed by atoms with Crippen molar-refractivity contribution in [2.45, 2.75) is 59.5 Å². The number of carbonyl (C=O) groups is 1. The highest BCUT2D eigenvalue weighted by molar-refractivity contribution is 5.67. The van der Waals surface area contributed by atoms with E-state index in [1.54, 1.807) is 0 Å². The molecule has 0 fully saturated rings. The minimum absolute atomic E-state index is 0.156. The van der Waals surface area contributed by atoms with Gasteiger partial charge in [0.05, 0.1) is 0 Å². The minimum atomic E-state index is -0.350. The van der Waals surface area contributed by atoms with E-state index >= 15 is 0 Å².